The van der Waals surface area contributed by atoms with Crippen molar-refractivity contribution in [2.24, 2.45) is 11.8 Å². The second-order valence-corrected chi connectivity index (χ2v) is 8.72. The minimum atomic E-state index is 0.298. The highest BCUT2D eigenvalue weighted by Gasteiger charge is 2.52. The van der Waals surface area contributed by atoms with E-state index in [-0.39, 0.29) is 0 Å². The van der Waals surface area contributed by atoms with E-state index in [1.165, 1.54) is 38.8 Å². The van der Waals surface area contributed by atoms with Crippen molar-refractivity contribution in [2.75, 3.05) is 44.3 Å². The molecule has 1 atom stereocenters. The van der Waals surface area contributed by atoms with E-state index < -0.39 is 0 Å². The summed E-state index contributed by atoms with van der Waals surface area (Å²) in [6.45, 7) is 10.5. The molecule has 0 radical (unpaired) electrons. The summed E-state index contributed by atoms with van der Waals surface area (Å²) in [5.74, 6) is 3.44. The first-order chi connectivity index (χ1) is 13.2. The standard InChI is InChI=1S/C20H30N6O/c1-3-27-11-17-6-7-25(10-16-4-5-16)20(9-17)12-24(13-20)18-8-15(2)23-19-21-14-22-26(18)19/h8,14,16-17H,3-7,9-13H2,1-2H3/t17-/m1/s1. The first kappa shape index (κ1) is 17.4. The third kappa shape index (κ3) is 3.21. The number of anilines is 1. The SMILES string of the molecule is CCOC[C@@H]1CCN(CC2CC2)C2(C1)CN(c1cc(C)nc3ncnn13)C2. The first-order valence-electron chi connectivity index (χ1n) is 10.4. The molecule has 1 saturated carbocycles. The largest absolute Gasteiger partial charge is 0.381 e. The molecule has 2 aromatic rings. The third-order valence-electron chi connectivity index (χ3n) is 6.54. The molecule has 3 fully saturated rings. The van der Waals surface area contributed by atoms with Crippen LogP contribution in [0.2, 0.25) is 0 Å². The van der Waals surface area contributed by atoms with Gasteiger partial charge in [0, 0.05) is 44.6 Å². The van der Waals surface area contributed by atoms with Crippen LogP contribution < -0.4 is 4.90 Å². The number of piperidine rings is 1. The molecule has 0 aromatic carbocycles. The Balaban J connectivity index is 1.36. The van der Waals surface area contributed by atoms with Gasteiger partial charge in [-0.2, -0.15) is 14.6 Å². The monoisotopic (exact) mass is 370 g/mol. The molecule has 0 bridgehead atoms. The van der Waals surface area contributed by atoms with Crippen LogP contribution in [0.25, 0.3) is 5.78 Å². The molecule has 7 nitrogen and oxygen atoms in total. The molecule has 5 rings (SSSR count). The Morgan fingerprint density at radius 2 is 2.07 bits per heavy atom. The summed E-state index contributed by atoms with van der Waals surface area (Å²) in [5, 5.41) is 4.40. The molecule has 3 aliphatic rings. The number of hydrogen-bond acceptors (Lipinski definition) is 6. The molecule has 27 heavy (non-hydrogen) atoms. The molecular formula is C20H30N6O. The number of fused-ring (bicyclic) bond motifs is 1. The lowest BCUT2D eigenvalue weighted by Gasteiger charge is -2.60. The maximum atomic E-state index is 5.78. The molecule has 146 valence electrons. The van der Waals surface area contributed by atoms with Crippen LogP contribution in [0.15, 0.2) is 12.4 Å². The first-order valence-corrected chi connectivity index (χ1v) is 10.4. The Morgan fingerprint density at radius 1 is 1.22 bits per heavy atom. The van der Waals surface area contributed by atoms with Crippen molar-refractivity contribution in [1.29, 1.82) is 0 Å². The second-order valence-electron chi connectivity index (χ2n) is 8.72. The van der Waals surface area contributed by atoms with E-state index in [1.54, 1.807) is 6.33 Å². The summed E-state index contributed by atoms with van der Waals surface area (Å²) in [5.41, 5.74) is 1.30. The van der Waals surface area contributed by atoms with Crippen LogP contribution in [-0.2, 0) is 4.74 Å². The van der Waals surface area contributed by atoms with Crippen molar-refractivity contribution in [2.45, 2.75) is 45.1 Å². The topological polar surface area (TPSA) is 58.8 Å². The van der Waals surface area contributed by atoms with Crippen molar-refractivity contribution >= 4 is 11.6 Å². The van der Waals surface area contributed by atoms with E-state index in [0.29, 0.717) is 17.2 Å². The highest BCUT2D eigenvalue weighted by atomic mass is 16.5. The minimum absolute atomic E-state index is 0.298. The van der Waals surface area contributed by atoms with Gasteiger partial charge in [0.05, 0.1) is 5.54 Å². The molecule has 2 aromatic heterocycles. The quantitative estimate of drug-likeness (QED) is 0.777. The highest BCUT2D eigenvalue weighted by molar-refractivity contribution is 5.51. The fourth-order valence-corrected chi connectivity index (χ4v) is 4.96. The van der Waals surface area contributed by atoms with Crippen LogP contribution >= 0.6 is 0 Å². The summed E-state index contributed by atoms with van der Waals surface area (Å²) < 4.78 is 7.66. The molecule has 1 aliphatic carbocycles. The van der Waals surface area contributed by atoms with Crippen LogP contribution in [0, 0.1) is 18.8 Å². The van der Waals surface area contributed by atoms with Gasteiger partial charge in [-0.15, -0.1) is 0 Å². The minimum Gasteiger partial charge on any atom is -0.381 e. The lowest BCUT2D eigenvalue weighted by Crippen LogP contribution is -2.73. The average Bonchev–Trinajstić information content (AvgIpc) is 3.32. The Kier molecular flexibility index (Phi) is 4.31. The lowest BCUT2D eigenvalue weighted by atomic mass is 9.75. The van der Waals surface area contributed by atoms with Crippen molar-refractivity contribution in [3.05, 3.63) is 18.1 Å². The molecule has 1 spiro atoms. The number of nitrogens with zero attached hydrogens (tertiary/aromatic N) is 6. The van der Waals surface area contributed by atoms with Crippen LogP contribution in [0.4, 0.5) is 5.82 Å². The Morgan fingerprint density at radius 3 is 2.85 bits per heavy atom. The van der Waals surface area contributed by atoms with Crippen molar-refractivity contribution in [3.8, 4) is 0 Å². The van der Waals surface area contributed by atoms with Gasteiger partial charge in [-0.3, -0.25) is 4.90 Å². The summed E-state index contributed by atoms with van der Waals surface area (Å²) in [4.78, 5) is 14.0. The molecule has 0 amide bonds. The fraction of sp³-hybridized carbons (Fsp3) is 0.750. The smallest absolute Gasteiger partial charge is 0.254 e. The van der Waals surface area contributed by atoms with Gasteiger partial charge >= 0.3 is 0 Å². The predicted octanol–water partition coefficient (Wildman–Crippen LogP) is 2.15. The normalized spacial score (nSPS) is 25.3. The number of aromatic nitrogens is 4. The third-order valence-corrected chi connectivity index (χ3v) is 6.54. The molecule has 4 heterocycles. The van der Waals surface area contributed by atoms with Gasteiger partial charge in [-0.25, -0.2) is 4.98 Å². The predicted molar refractivity (Wildman–Crippen MR) is 104 cm³/mol. The van der Waals surface area contributed by atoms with E-state index in [4.69, 9.17) is 4.74 Å². The van der Waals surface area contributed by atoms with Gasteiger partial charge in [0.1, 0.15) is 12.1 Å². The van der Waals surface area contributed by atoms with E-state index in [2.05, 4.69) is 37.9 Å². The Labute approximate surface area is 160 Å². The zero-order valence-corrected chi connectivity index (χ0v) is 16.5. The van der Waals surface area contributed by atoms with E-state index in [0.717, 1.165) is 43.7 Å². The lowest BCUT2D eigenvalue weighted by molar-refractivity contribution is -0.0283. The van der Waals surface area contributed by atoms with Crippen LogP contribution in [-0.4, -0.2) is 69.4 Å². The van der Waals surface area contributed by atoms with Crippen LogP contribution in [0.5, 0.6) is 0 Å². The van der Waals surface area contributed by atoms with Crippen molar-refractivity contribution < 1.29 is 4.74 Å². The van der Waals surface area contributed by atoms with Crippen molar-refractivity contribution in [3.63, 3.8) is 0 Å². The van der Waals surface area contributed by atoms with E-state index >= 15 is 0 Å². The van der Waals surface area contributed by atoms with Crippen LogP contribution in [0.1, 0.15) is 38.3 Å². The second kappa shape index (κ2) is 6.71. The summed E-state index contributed by atoms with van der Waals surface area (Å²) in [6.07, 6.45) is 6.96. The van der Waals surface area contributed by atoms with Gasteiger partial charge < -0.3 is 9.64 Å². The summed E-state index contributed by atoms with van der Waals surface area (Å²) in [6, 6.07) is 2.14. The van der Waals surface area contributed by atoms with Gasteiger partial charge in [0.15, 0.2) is 0 Å². The van der Waals surface area contributed by atoms with Crippen molar-refractivity contribution in [1.82, 2.24) is 24.5 Å². The number of likely N-dealkylation sites (tertiary alicyclic amines) is 1. The van der Waals surface area contributed by atoms with E-state index in [1.807, 2.05) is 11.4 Å². The van der Waals surface area contributed by atoms with Gasteiger partial charge in [-0.1, -0.05) is 0 Å². The fourth-order valence-electron chi connectivity index (χ4n) is 4.96. The number of rotatable bonds is 6. The molecule has 2 saturated heterocycles. The van der Waals surface area contributed by atoms with Gasteiger partial charge in [0.25, 0.3) is 5.78 Å². The van der Waals surface area contributed by atoms with E-state index in [9.17, 15) is 0 Å². The molecule has 0 unspecified atom stereocenters. The zero-order valence-electron chi connectivity index (χ0n) is 16.5. The maximum absolute atomic E-state index is 5.78. The van der Waals surface area contributed by atoms with Gasteiger partial charge in [-0.05, 0) is 57.9 Å². The maximum Gasteiger partial charge on any atom is 0.254 e. The number of hydrogen-bond donors (Lipinski definition) is 0. The Bertz CT molecular complexity index is 810. The average molecular weight is 371 g/mol. The van der Waals surface area contributed by atoms with Crippen LogP contribution in [0.3, 0.4) is 0 Å². The summed E-state index contributed by atoms with van der Waals surface area (Å²) >= 11 is 0. The molecule has 2 aliphatic heterocycles. The number of ether oxygens (including phenoxy) is 1. The Hall–Kier alpha value is -1.73. The molecule has 0 N–H and O–H groups in total. The molecular weight excluding hydrogens is 340 g/mol. The molecule has 7 heteroatoms. The van der Waals surface area contributed by atoms with Gasteiger partial charge in [0.2, 0.25) is 0 Å². The highest BCUT2D eigenvalue weighted by Crippen LogP contribution is 2.43. The zero-order chi connectivity index (χ0) is 18.4. The summed E-state index contributed by atoms with van der Waals surface area (Å²) in [7, 11) is 0. The number of aryl methyl sites for hydroxylation is 1.